The first-order chi connectivity index (χ1) is 33.3. The van der Waals surface area contributed by atoms with Gasteiger partial charge in [0.2, 0.25) is 0 Å². The predicted molar refractivity (Wildman–Crippen MR) is 265 cm³/mol. The molecule has 7 aliphatic rings. The van der Waals surface area contributed by atoms with E-state index in [2.05, 4.69) is 36.4 Å². The maximum Gasteiger partial charge on any atom is 0.197 e. The SMILES string of the molecule is Cc1cc2cc(F)c(F)cc2cc1C(=O)/C(C=O)=C/c1cc2c(s1)C1=CC3C=C4C(=CC3C=C1C21CCCCC1)c1sc(C=C2C(=O)c3cc5cc(F)c(F)cc5cc3C2=O)cc1C41CCCCC1. The smallest absolute Gasteiger partial charge is 0.197 e. The fourth-order valence-corrected chi connectivity index (χ4v) is 15.6. The summed E-state index contributed by atoms with van der Waals surface area (Å²) in [6, 6.07) is 14.9. The lowest BCUT2D eigenvalue weighted by atomic mass is 9.63. The summed E-state index contributed by atoms with van der Waals surface area (Å²) in [5.41, 5.74) is 8.73. The summed E-state index contributed by atoms with van der Waals surface area (Å²) in [5.74, 6) is -5.01. The number of fused-ring (bicyclic) bond motifs is 14. The van der Waals surface area contributed by atoms with E-state index in [4.69, 9.17) is 0 Å². The number of aldehydes is 1. The number of thiophene rings is 2. The number of benzene rings is 4. The molecule has 2 unspecified atom stereocenters. The monoisotopic (exact) mass is 954 g/mol. The van der Waals surface area contributed by atoms with Crippen LogP contribution < -0.4 is 0 Å². The third-order valence-electron chi connectivity index (χ3n) is 16.4. The maximum atomic E-state index is 14.2. The molecule has 10 heteroatoms. The minimum Gasteiger partial charge on any atom is -0.298 e. The number of carbonyl (C=O) groups excluding carboxylic acids is 4. The molecule has 13 rings (SSSR count). The highest BCUT2D eigenvalue weighted by Crippen LogP contribution is 2.65. The molecule has 2 spiro atoms. The number of aryl methyl sites for hydroxylation is 1. The van der Waals surface area contributed by atoms with Gasteiger partial charge in [-0.1, -0.05) is 68.9 Å². The summed E-state index contributed by atoms with van der Waals surface area (Å²) < 4.78 is 56.6. The molecule has 0 aliphatic heterocycles. The number of carbonyl (C=O) groups is 4. The van der Waals surface area contributed by atoms with Crippen LogP contribution in [0.5, 0.6) is 0 Å². The largest absolute Gasteiger partial charge is 0.298 e. The van der Waals surface area contributed by atoms with Gasteiger partial charge in [0.1, 0.15) is 0 Å². The van der Waals surface area contributed by atoms with Gasteiger partial charge in [-0.25, -0.2) is 17.6 Å². The molecular weight excluding hydrogens is 913 g/mol. The second-order valence-electron chi connectivity index (χ2n) is 20.1. The number of halogens is 4. The quantitative estimate of drug-likeness (QED) is 0.0431. The highest BCUT2D eigenvalue weighted by Gasteiger charge is 2.52. The van der Waals surface area contributed by atoms with Crippen LogP contribution >= 0.6 is 22.7 Å². The van der Waals surface area contributed by atoms with Crippen molar-refractivity contribution in [2.45, 2.75) is 82.0 Å². The average Bonchev–Trinajstić information content (AvgIpc) is 4.12. The normalized spacial score (nSPS) is 21.6. The third kappa shape index (κ3) is 6.23. The van der Waals surface area contributed by atoms with Crippen LogP contribution in [0.1, 0.15) is 131 Å². The van der Waals surface area contributed by atoms with E-state index in [-0.39, 0.29) is 50.5 Å². The Morgan fingerprint density at radius 2 is 1.03 bits per heavy atom. The van der Waals surface area contributed by atoms with Crippen LogP contribution in [0.3, 0.4) is 0 Å². The molecule has 2 heterocycles. The van der Waals surface area contributed by atoms with Crippen molar-refractivity contribution in [3.05, 3.63) is 183 Å². The van der Waals surface area contributed by atoms with Gasteiger partial charge >= 0.3 is 0 Å². The van der Waals surface area contributed by atoms with Crippen molar-refractivity contribution >= 4 is 91.2 Å². The molecule has 2 aromatic heterocycles. The number of allylic oxidation sites excluding steroid dienone is 10. The van der Waals surface area contributed by atoms with Gasteiger partial charge in [0.05, 0.1) is 11.1 Å². The second-order valence-corrected chi connectivity index (χ2v) is 22.3. The minimum atomic E-state index is -1.01. The summed E-state index contributed by atoms with van der Waals surface area (Å²) >= 11 is 3.25. The zero-order valence-electron chi connectivity index (χ0n) is 37.5. The van der Waals surface area contributed by atoms with Crippen molar-refractivity contribution < 1.29 is 36.7 Å². The highest BCUT2D eigenvalue weighted by molar-refractivity contribution is 7.15. The van der Waals surface area contributed by atoms with Gasteiger partial charge in [0.15, 0.2) is 46.9 Å². The van der Waals surface area contributed by atoms with Gasteiger partial charge < -0.3 is 0 Å². The molecule has 342 valence electrons. The van der Waals surface area contributed by atoms with Gasteiger partial charge in [-0.2, -0.15) is 0 Å². The molecule has 0 radical (unpaired) electrons. The first-order valence-corrected chi connectivity index (χ1v) is 25.5. The van der Waals surface area contributed by atoms with Gasteiger partial charge in [0.25, 0.3) is 0 Å². The van der Waals surface area contributed by atoms with Gasteiger partial charge in [-0.15, -0.1) is 22.7 Å². The Balaban J connectivity index is 0.861. The van der Waals surface area contributed by atoms with E-state index in [0.717, 1.165) is 98.2 Å². The molecule has 2 atom stereocenters. The standard InChI is InChI=1S/C59H42F4O4S2/c1-29-12-30-21-49(60)50(61)22-33(30)14-39(29)53(65)36(28-64)13-37-26-47-56(68-37)42-17-31-20-46-43(18-32(31)19-45(42)58(47)8-4-2-5-9-58)57-48(59(46)10-6-3-7-11-59)27-38(69-57)25-44-54(66)40-15-34-23-51(62)52(63)24-35(34)16-41(40)55(44)67/h12-28,31-32H,2-11H2,1H3/b36-13+. The Labute approximate surface area is 403 Å². The predicted octanol–water partition coefficient (Wildman–Crippen LogP) is 14.9. The average molecular weight is 955 g/mol. The van der Waals surface area contributed by atoms with Crippen LogP contribution in [0, 0.1) is 42.0 Å². The molecule has 0 N–H and O–H groups in total. The van der Waals surface area contributed by atoms with E-state index < -0.39 is 40.6 Å². The van der Waals surface area contributed by atoms with Gasteiger partial charge in [-0.3, -0.25) is 19.2 Å². The molecule has 69 heavy (non-hydrogen) atoms. The lowest BCUT2D eigenvalue weighted by molar-refractivity contribution is -0.104. The Bertz CT molecular complexity index is 3550. The van der Waals surface area contributed by atoms with Crippen LogP contribution in [-0.4, -0.2) is 23.6 Å². The van der Waals surface area contributed by atoms with E-state index in [1.807, 2.05) is 0 Å². The molecule has 6 aromatic rings. The molecule has 0 bridgehead atoms. The van der Waals surface area contributed by atoms with Crippen molar-refractivity contribution in [1.29, 1.82) is 0 Å². The number of ketones is 3. The van der Waals surface area contributed by atoms with Crippen molar-refractivity contribution in [1.82, 2.24) is 0 Å². The summed E-state index contributed by atoms with van der Waals surface area (Å²) in [7, 11) is 0. The Kier molecular flexibility index (Phi) is 9.48. The van der Waals surface area contributed by atoms with Gasteiger partial charge in [-0.05, 0) is 160 Å². The van der Waals surface area contributed by atoms with E-state index >= 15 is 0 Å². The number of rotatable bonds is 5. The summed E-state index contributed by atoms with van der Waals surface area (Å²) in [4.78, 5) is 58.4. The molecule has 4 aromatic carbocycles. The van der Waals surface area contributed by atoms with Crippen molar-refractivity contribution in [2.75, 3.05) is 0 Å². The van der Waals surface area contributed by atoms with Crippen LogP contribution in [0.25, 0.3) is 44.8 Å². The zero-order valence-corrected chi connectivity index (χ0v) is 39.1. The van der Waals surface area contributed by atoms with Crippen LogP contribution in [-0.2, 0) is 15.6 Å². The molecule has 0 amide bonds. The third-order valence-corrected chi connectivity index (χ3v) is 18.6. The van der Waals surface area contributed by atoms with Crippen LogP contribution in [0.15, 0.2) is 107 Å². The molecule has 2 fully saturated rings. The molecule has 4 nitrogen and oxygen atoms in total. The first kappa shape index (κ1) is 42.7. The maximum absolute atomic E-state index is 14.2. The van der Waals surface area contributed by atoms with Crippen molar-refractivity contribution in [3.63, 3.8) is 0 Å². The zero-order chi connectivity index (χ0) is 47.2. The Morgan fingerprint density at radius 3 is 1.52 bits per heavy atom. The molecule has 2 saturated carbocycles. The molecule has 7 aliphatic carbocycles. The van der Waals surface area contributed by atoms with Crippen LogP contribution in [0.4, 0.5) is 17.6 Å². The summed E-state index contributed by atoms with van der Waals surface area (Å²) in [6.45, 7) is 1.73. The van der Waals surface area contributed by atoms with Crippen molar-refractivity contribution in [3.8, 4) is 0 Å². The molecular formula is C59H42F4O4S2. The summed E-state index contributed by atoms with van der Waals surface area (Å²) in [6.07, 6.45) is 24.7. The van der Waals surface area contributed by atoms with E-state index in [1.54, 1.807) is 47.8 Å². The summed E-state index contributed by atoms with van der Waals surface area (Å²) in [5, 5.41) is 1.58. The fourth-order valence-electron chi connectivity index (χ4n) is 13.1. The van der Waals surface area contributed by atoms with Gasteiger partial charge in [0, 0.05) is 58.9 Å². The first-order valence-electron chi connectivity index (χ1n) is 23.9. The fraction of sp³-hybridized carbons (Fsp3) is 0.254. The topological polar surface area (TPSA) is 68.3 Å². The second kappa shape index (κ2) is 15.3. The number of hydrogen-bond acceptors (Lipinski definition) is 6. The van der Waals surface area contributed by atoms with E-state index in [0.29, 0.717) is 33.4 Å². The Morgan fingerprint density at radius 1 is 0.580 bits per heavy atom. The number of hydrogen-bond donors (Lipinski definition) is 0. The highest BCUT2D eigenvalue weighted by atomic mass is 32.1. The lowest BCUT2D eigenvalue weighted by Crippen LogP contribution is -2.31. The molecule has 0 saturated heterocycles. The minimum absolute atomic E-state index is 0.00228. The van der Waals surface area contributed by atoms with E-state index in [9.17, 15) is 36.7 Å². The van der Waals surface area contributed by atoms with Crippen LogP contribution in [0.2, 0.25) is 0 Å². The van der Waals surface area contributed by atoms with E-state index in [1.165, 1.54) is 61.4 Å². The lowest BCUT2D eigenvalue weighted by Gasteiger charge is -2.40. The Hall–Kier alpha value is -6.36. The number of Topliss-reactive ketones (excluding diaryl/α,β-unsaturated/α-hetero) is 3. The van der Waals surface area contributed by atoms with Crippen molar-refractivity contribution in [2.24, 2.45) is 11.8 Å².